The molecule has 0 bridgehead atoms. The van der Waals surface area contributed by atoms with E-state index in [0.717, 1.165) is 18.0 Å². The topological polar surface area (TPSA) is 73.1 Å². The third-order valence-corrected chi connectivity index (χ3v) is 4.70. The van der Waals surface area contributed by atoms with Gasteiger partial charge in [-0.2, -0.15) is 0 Å². The van der Waals surface area contributed by atoms with Gasteiger partial charge in [0.15, 0.2) is 0 Å². The second-order valence-corrected chi connectivity index (χ2v) is 6.31. The SMILES string of the molecule is CCC1CCCC(CN=Cc2cc(CO)c(O)c(CO)c2)C1. The Morgan fingerprint density at radius 3 is 2.36 bits per heavy atom. The molecule has 2 atom stereocenters. The monoisotopic (exact) mass is 305 g/mol. The van der Waals surface area contributed by atoms with Crippen LogP contribution in [0, 0.1) is 11.8 Å². The molecular weight excluding hydrogens is 278 g/mol. The zero-order valence-electron chi connectivity index (χ0n) is 13.3. The normalized spacial score (nSPS) is 22.3. The Bertz CT molecular complexity index is 488. The average molecular weight is 305 g/mol. The van der Waals surface area contributed by atoms with Crippen LogP contribution in [0.15, 0.2) is 17.1 Å². The molecule has 1 aromatic rings. The van der Waals surface area contributed by atoms with Crippen LogP contribution in [0.3, 0.4) is 0 Å². The van der Waals surface area contributed by atoms with E-state index in [1.165, 1.54) is 32.1 Å². The Morgan fingerprint density at radius 2 is 1.77 bits per heavy atom. The summed E-state index contributed by atoms with van der Waals surface area (Å²) in [5.74, 6) is 1.49. The highest BCUT2D eigenvalue weighted by atomic mass is 16.3. The van der Waals surface area contributed by atoms with Crippen LogP contribution in [0.25, 0.3) is 0 Å². The van der Waals surface area contributed by atoms with Gasteiger partial charge in [-0.05, 0) is 42.4 Å². The zero-order chi connectivity index (χ0) is 15.9. The van der Waals surface area contributed by atoms with Crippen LogP contribution in [0.1, 0.15) is 55.7 Å². The summed E-state index contributed by atoms with van der Waals surface area (Å²) in [6.45, 7) is 2.60. The van der Waals surface area contributed by atoms with Crippen LogP contribution in [0.2, 0.25) is 0 Å². The first-order valence-electron chi connectivity index (χ1n) is 8.24. The highest BCUT2D eigenvalue weighted by Gasteiger charge is 2.20. The van der Waals surface area contributed by atoms with E-state index >= 15 is 0 Å². The third kappa shape index (κ3) is 4.31. The van der Waals surface area contributed by atoms with Crippen LogP contribution < -0.4 is 0 Å². The van der Waals surface area contributed by atoms with E-state index in [-0.39, 0.29) is 19.0 Å². The quantitative estimate of drug-likeness (QED) is 0.707. The summed E-state index contributed by atoms with van der Waals surface area (Å²) in [5, 5.41) is 28.4. The first kappa shape index (κ1) is 17.0. The van der Waals surface area contributed by atoms with Gasteiger partial charge in [-0.3, -0.25) is 4.99 Å². The molecule has 1 aromatic carbocycles. The van der Waals surface area contributed by atoms with Crippen molar-refractivity contribution in [2.24, 2.45) is 16.8 Å². The minimum Gasteiger partial charge on any atom is -0.507 e. The molecule has 0 spiro atoms. The van der Waals surface area contributed by atoms with E-state index in [9.17, 15) is 15.3 Å². The molecule has 0 saturated heterocycles. The first-order chi connectivity index (χ1) is 10.7. The van der Waals surface area contributed by atoms with Crippen molar-refractivity contribution in [2.45, 2.75) is 52.2 Å². The second kappa shape index (κ2) is 8.30. The number of aromatic hydroxyl groups is 1. The van der Waals surface area contributed by atoms with E-state index in [2.05, 4.69) is 11.9 Å². The summed E-state index contributed by atoms with van der Waals surface area (Å²) in [5.41, 5.74) is 1.67. The highest BCUT2D eigenvalue weighted by molar-refractivity contribution is 5.81. The Labute approximate surface area is 132 Å². The maximum absolute atomic E-state index is 9.83. The van der Waals surface area contributed by atoms with Crippen molar-refractivity contribution in [2.75, 3.05) is 6.54 Å². The lowest BCUT2D eigenvalue weighted by atomic mass is 9.80. The van der Waals surface area contributed by atoms with Crippen LogP contribution in [0.5, 0.6) is 5.75 Å². The summed E-state index contributed by atoms with van der Waals surface area (Å²) in [6.07, 6.45) is 8.24. The van der Waals surface area contributed by atoms with E-state index in [0.29, 0.717) is 17.0 Å². The largest absolute Gasteiger partial charge is 0.507 e. The van der Waals surface area contributed by atoms with Gasteiger partial charge in [-0.15, -0.1) is 0 Å². The molecule has 3 N–H and O–H groups in total. The molecule has 4 nitrogen and oxygen atoms in total. The van der Waals surface area contributed by atoms with Gasteiger partial charge in [0.2, 0.25) is 0 Å². The summed E-state index contributed by atoms with van der Waals surface area (Å²) in [4.78, 5) is 4.54. The van der Waals surface area contributed by atoms with E-state index < -0.39 is 0 Å². The molecule has 1 aliphatic rings. The molecule has 2 unspecified atom stereocenters. The molecule has 22 heavy (non-hydrogen) atoms. The summed E-state index contributed by atoms with van der Waals surface area (Å²) in [6, 6.07) is 3.43. The van der Waals surface area contributed by atoms with Gasteiger partial charge in [-0.1, -0.05) is 26.2 Å². The third-order valence-electron chi connectivity index (χ3n) is 4.70. The molecule has 0 heterocycles. The summed E-state index contributed by atoms with van der Waals surface area (Å²) >= 11 is 0. The fourth-order valence-electron chi connectivity index (χ4n) is 3.35. The Hall–Kier alpha value is -1.39. The second-order valence-electron chi connectivity index (χ2n) is 6.31. The predicted octanol–water partition coefficient (Wildman–Crippen LogP) is 3.01. The molecular formula is C18H27NO3. The van der Waals surface area contributed by atoms with Gasteiger partial charge in [0, 0.05) is 23.9 Å². The lowest BCUT2D eigenvalue weighted by Crippen LogP contribution is -2.17. The summed E-state index contributed by atoms with van der Waals surface area (Å²) < 4.78 is 0. The van der Waals surface area contributed by atoms with Crippen molar-refractivity contribution < 1.29 is 15.3 Å². The van der Waals surface area contributed by atoms with Crippen molar-refractivity contribution in [1.82, 2.24) is 0 Å². The van der Waals surface area contributed by atoms with E-state index in [1.54, 1.807) is 18.3 Å². The number of aliphatic imine (C=N–C) groups is 1. The fraction of sp³-hybridized carbons (Fsp3) is 0.611. The molecule has 0 radical (unpaired) electrons. The van der Waals surface area contributed by atoms with E-state index in [4.69, 9.17) is 0 Å². The minimum absolute atomic E-state index is 0.0276. The molecule has 0 amide bonds. The lowest BCUT2D eigenvalue weighted by molar-refractivity contribution is 0.263. The molecule has 122 valence electrons. The predicted molar refractivity (Wildman–Crippen MR) is 88.2 cm³/mol. The summed E-state index contributed by atoms with van der Waals surface area (Å²) in [7, 11) is 0. The number of hydrogen-bond donors (Lipinski definition) is 3. The molecule has 1 fully saturated rings. The molecule has 0 aliphatic heterocycles. The van der Waals surface area contributed by atoms with Crippen LogP contribution >= 0.6 is 0 Å². The van der Waals surface area contributed by atoms with Crippen molar-refractivity contribution in [3.05, 3.63) is 28.8 Å². The zero-order valence-corrected chi connectivity index (χ0v) is 13.3. The highest BCUT2D eigenvalue weighted by Crippen LogP contribution is 2.31. The van der Waals surface area contributed by atoms with Gasteiger partial charge in [0.25, 0.3) is 0 Å². The van der Waals surface area contributed by atoms with Crippen molar-refractivity contribution in [3.8, 4) is 5.75 Å². The number of aliphatic hydroxyl groups is 2. The number of rotatable bonds is 6. The number of hydrogen-bond acceptors (Lipinski definition) is 4. The van der Waals surface area contributed by atoms with Gasteiger partial charge in [0.05, 0.1) is 13.2 Å². The minimum atomic E-state index is -0.249. The van der Waals surface area contributed by atoms with Crippen LogP contribution in [0.4, 0.5) is 0 Å². The van der Waals surface area contributed by atoms with Crippen molar-refractivity contribution >= 4 is 6.21 Å². The molecule has 4 heteroatoms. The number of benzene rings is 1. The van der Waals surface area contributed by atoms with Crippen LogP contribution in [-0.2, 0) is 13.2 Å². The fourth-order valence-corrected chi connectivity index (χ4v) is 3.35. The standard InChI is InChI=1S/C18H27NO3/c1-2-13-4-3-5-14(6-13)9-19-10-15-7-16(11-20)18(22)17(8-15)12-21/h7-8,10,13-14,20-22H,2-6,9,11-12H2,1H3. The van der Waals surface area contributed by atoms with Crippen LogP contribution in [-0.4, -0.2) is 28.1 Å². The smallest absolute Gasteiger partial charge is 0.126 e. The van der Waals surface area contributed by atoms with Gasteiger partial charge < -0.3 is 15.3 Å². The maximum Gasteiger partial charge on any atom is 0.126 e. The molecule has 2 rings (SSSR count). The van der Waals surface area contributed by atoms with Crippen molar-refractivity contribution in [3.63, 3.8) is 0 Å². The van der Waals surface area contributed by atoms with Crippen molar-refractivity contribution in [1.29, 1.82) is 0 Å². The Morgan fingerprint density at radius 1 is 1.14 bits per heavy atom. The molecule has 1 saturated carbocycles. The number of aliphatic hydroxyl groups excluding tert-OH is 2. The Balaban J connectivity index is 2.00. The number of nitrogens with zero attached hydrogens (tertiary/aromatic N) is 1. The lowest BCUT2D eigenvalue weighted by Gasteiger charge is -2.27. The van der Waals surface area contributed by atoms with Gasteiger partial charge in [0.1, 0.15) is 5.75 Å². The average Bonchev–Trinajstić information content (AvgIpc) is 2.56. The maximum atomic E-state index is 9.83. The molecule has 0 aromatic heterocycles. The van der Waals surface area contributed by atoms with Gasteiger partial charge in [-0.25, -0.2) is 0 Å². The van der Waals surface area contributed by atoms with Gasteiger partial charge >= 0.3 is 0 Å². The first-order valence-corrected chi connectivity index (χ1v) is 8.24. The molecule has 1 aliphatic carbocycles. The van der Waals surface area contributed by atoms with E-state index in [1.807, 2.05) is 0 Å². The number of phenols is 1. The Kier molecular flexibility index (Phi) is 6.40.